The molecule has 0 N–H and O–H groups in total. The van der Waals surface area contributed by atoms with Gasteiger partial charge in [-0.3, -0.25) is 4.18 Å². The Hall–Kier alpha value is -0.880. The van der Waals surface area contributed by atoms with Gasteiger partial charge in [0, 0.05) is 17.4 Å². The molecule has 3 rings (SSSR count). The zero-order valence-corrected chi connectivity index (χ0v) is 10.3. The summed E-state index contributed by atoms with van der Waals surface area (Å²) in [5.74, 6) is -0.385. The van der Waals surface area contributed by atoms with Gasteiger partial charge in [-0.1, -0.05) is 6.58 Å². The van der Waals surface area contributed by atoms with Crippen LogP contribution in [-0.2, 0) is 23.8 Å². The van der Waals surface area contributed by atoms with Crippen molar-refractivity contribution in [2.45, 2.75) is 37.2 Å². The van der Waals surface area contributed by atoms with Gasteiger partial charge in [0.25, 0.3) is 10.1 Å². The van der Waals surface area contributed by atoms with Gasteiger partial charge in [-0.25, -0.2) is 4.79 Å². The molecule has 5 nitrogen and oxygen atoms in total. The van der Waals surface area contributed by atoms with E-state index < -0.39 is 27.4 Å². The van der Waals surface area contributed by atoms with E-state index >= 15 is 0 Å². The van der Waals surface area contributed by atoms with Crippen molar-refractivity contribution in [3.63, 3.8) is 0 Å². The van der Waals surface area contributed by atoms with Crippen molar-refractivity contribution >= 4 is 16.1 Å². The van der Waals surface area contributed by atoms with Gasteiger partial charge in [0.05, 0.1) is 6.10 Å². The molecule has 2 aliphatic carbocycles. The SMILES string of the molecule is C=C(C)C(=O)OC1C2C3C[C@H]1CC3OS2(=O)=O. The maximum absolute atomic E-state index is 11.8. The highest BCUT2D eigenvalue weighted by Crippen LogP contribution is 2.55. The summed E-state index contributed by atoms with van der Waals surface area (Å²) in [5.41, 5.74) is 0.292. The van der Waals surface area contributed by atoms with E-state index in [1.165, 1.54) is 0 Å². The second-order valence-corrected chi connectivity index (χ2v) is 6.86. The Morgan fingerprint density at radius 2 is 2.12 bits per heavy atom. The lowest BCUT2D eigenvalue weighted by Gasteiger charge is -2.24. The van der Waals surface area contributed by atoms with E-state index in [1.807, 2.05) is 0 Å². The summed E-state index contributed by atoms with van der Waals surface area (Å²) >= 11 is 0. The number of fused-ring (bicyclic) bond motifs is 1. The molecule has 1 aliphatic heterocycles. The lowest BCUT2D eigenvalue weighted by Crippen LogP contribution is -2.39. The van der Waals surface area contributed by atoms with E-state index in [0.717, 1.165) is 6.42 Å². The van der Waals surface area contributed by atoms with Crippen LogP contribution in [0.3, 0.4) is 0 Å². The molecule has 2 bridgehead atoms. The molecule has 0 aromatic rings. The number of ether oxygens (including phenoxy) is 1. The van der Waals surface area contributed by atoms with Crippen molar-refractivity contribution in [3.8, 4) is 0 Å². The summed E-state index contributed by atoms with van der Waals surface area (Å²) < 4.78 is 33.9. The van der Waals surface area contributed by atoms with Gasteiger partial charge in [-0.15, -0.1) is 0 Å². The molecule has 0 radical (unpaired) electrons. The van der Waals surface area contributed by atoms with E-state index in [0.29, 0.717) is 12.0 Å². The number of hydrogen-bond acceptors (Lipinski definition) is 5. The van der Waals surface area contributed by atoms with Crippen LogP contribution in [0.2, 0.25) is 0 Å². The quantitative estimate of drug-likeness (QED) is 0.412. The van der Waals surface area contributed by atoms with Crippen LogP contribution in [0.25, 0.3) is 0 Å². The highest BCUT2D eigenvalue weighted by Gasteiger charge is 2.66. The first-order chi connectivity index (χ1) is 7.90. The molecule has 94 valence electrons. The van der Waals surface area contributed by atoms with Crippen LogP contribution in [0.1, 0.15) is 19.8 Å². The summed E-state index contributed by atoms with van der Waals surface area (Å²) in [6.07, 6.45) is 0.722. The van der Waals surface area contributed by atoms with Crippen molar-refractivity contribution in [1.29, 1.82) is 0 Å². The second-order valence-electron chi connectivity index (χ2n) is 5.14. The molecule has 2 saturated carbocycles. The summed E-state index contributed by atoms with van der Waals surface area (Å²) in [6.45, 7) is 5.06. The molecule has 3 fully saturated rings. The minimum Gasteiger partial charge on any atom is -0.457 e. The van der Waals surface area contributed by atoms with Crippen LogP contribution in [0, 0.1) is 11.8 Å². The number of rotatable bonds is 2. The topological polar surface area (TPSA) is 69.7 Å². The monoisotopic (exact) mass is 258 g/mol. The van der Waals surface area contributed by atoms with Crippen LogP contribution < -0.4 is 0 Å². The minimum absolute atomic E-state index is 0.00733. The van der Waals surface area contributed by atoms with E-state index in [1.54, 1.807) is 6.92 Å². The summed E-state index contributed by atoms with van der Waals surface area (Å²) in [7, 11) is -3.56. The fraction of sp³-hybridized carbons (Fsp3) is 0.727. The van der Waals surface area contributed by atoms with Crippen LogP contribution in [0.4, 0.5) is 0 Å². The number of carbonyl (C=O) groups is 1. The van der Waals surface area contributed by atoms with Crippen molar-refractivity contribution in [2.24, 2.45) is 11.8 Å². The molecule has 1 saturated heterocycles. The molecule has 6 heteroatoms. The predicted molar refractivity (Wildman–Crippen MR) is 58.5 cm³/mol. The maximum atomic E-state index is 11.8. The van der Waals surface area contributed by atoms with Crippen molar-refractivity contribution in [2.75, 3.05) is 0 Å². The van der Waals surface area contributed by atoms with Gasteiger partial charge in [-0.05, 0) is 19.8 Å². The molecule has 3 aliphatic rings. The third-order valence-electron chi connectivity index (χ3n) is 3.98. The standard InChI is InChI=1S/C11H14O5S/c1-5(2)11(12)15-9-6-3-7-8(4-6)16-17(13,14)10(7)9/h6-10H,1,3-4H2,2H3/t6-,7?,8?,9?,10?/m0/s1. The first-order valence-electron chi connectivity index (χ1n) is 5.69. The van der Waals surface area contributed by atoms with E-state index in [-0.39, 0.29) is 17.9 Å². The molecular formula is C11H14O5S. The Labute approximate surface area is 99.9 Å². The van der Waals surface area contributed by atoms with Gasteiger partial charge in [-0.2, -0.15) is 8.42 Å². The third-order valence-corrected chi connectivity index (χ3v) is 5.78. The average Bonchev–Trinajstić information content (AvgIpc) is 2.77. The lowest BCUT2D eigenvalue weighted by atomic mass is 9.95. The van der Waals surface area contributed by atoms with Crippen molar-refractivity contribution in [3.05, 3.63) is 12.2 Å². The average molecular weight is 258 g/mol. The fourth-order valence-electron chi connectivity index (χ4n) is 3.31. The molecule has 5 atom stereocenters. The van der Waals surface area contributed by atoms with Gasteiger partial charge < -0.3 is 4.74 Å². The maximum Gasteiger partial charge on any atom is 0.333 e. The van der Waals surface area contributed by atoms with Gasteiger partial charge in [0.2, 0.25) is 0 Å². The Kier molecular flexibility index (Phi) is 2.19. The number of esters is 1. The van der Waals surface area contributed by atoms with Crippen molar-refractivity contribution in [1.82, 2.24) is 0 Å². The van der Waals surface area contributed by atoms with Gasteiger partial charge >= 0.3 is 5.97 Å². The highest BCUT2D eigenvalue weighted by molar-refractivity contribution is 7.87. The molecule has 0 spiro atoms. The summed E-state index contributed by atoms with van der Waals surface area (Å²) in [5, 5.41) is -0.658. The molecule has 1 heterocycles. The Morgan fingerprint density at radius 3 is 2.76 bits per heavy atom. The fourth-order valence-corrected chi connectivity index (χ4v) is 5.32. The Bertz CT molecular complexity index is 492. The number of carbonyl (C=O) groups excluding carboxylic acids is 1. The molecule has 0 aromatic heterocycles. The second kappa shape index (κ2) is 3.32. The van der Waals surface area contributed by atoms with Crippen molar-refractivity contribution < 1.29 is 22.1 Å². The largest absolute Gasteiger partial charge is 0.457 e. The van der Waals surface area contributed by atoms with Crippen LogP contribution >= 0.6 is 0 Å². The smallest absolute Gasteiger partial charge is 0.333 e. The van der Waals surface area contributed by atoms with Gasteiger partial charge in [0.1, 0.15) is 11.4 Å². The summed E-state index contributed by atoms with van der Waals surface area (Å²) in [4.78, 5) is 11.5. The molecule has 0 aromatic carbocycles. The minimum atomic E-state index is -3.56. The first kappa shape index (κ1) is 11.2. The third kappa shape index (κ3) is 1.47. The Balaban J connectivity index is 1.88. The normalized spacial score (nSPS) is 44.9. The van der Waals surface area contributed by atoms with Crippen LogP contribution in [0.15, 0.2) is 12.2 Å². The number of hydrogen-bond donors (Lipinski definition) is 0. The van der Waals surface area contributed by atoms with Gasteiger partial charge in [0.15, 0.2) is 0 Å². The van der Waals surface area contributed by atoms with E-state index in [9.17, 15) is 13.2 Å². The highest BCUT2D eigenvalue weighted by atomic mass is 32.2. The summed E-state index contributed by atoms with van der Waals surface area (Å²) in [6, 6.07) is 0. The van der Waals surface area contributed by atoms with Crippen LogP contribution in [0.5, 0.6) is 0 Å². The molecule has 0 amide bonds. The zero-order valence-electron chi connectivity index (χ0n) is 9.46. The van der Waals surface area contributed by atoms with E-state index in [4.69, 9.17) is 8.92 Å². The molecule has 4 unspecified atom stereocenters. The van der Waals surface area contributed by atoms with E-state index in [2.05, 4.69) is 6.58 Å². The first-order valence-corrected chi connectivity index (χ1v) is 7.16. The lowest BCUT2D eigenvalue weighted by molar-refractivity contribution is -0.146. The molecule has 17 heavy (non-hydrogen) atoms. The predicted octanol–water partition coefficient (Wildman–Crippen LogP) is 0.611. The van der Waals surface area contributed by atoms with Crippen LogP contribution in [-0.4, -0.2) is 31.8 Å². The molecular weight excluding hydrogens is 244 g/mol. The zero-order chi connectivity index (χ0) is 12.4. The Morgan fingerprint density at radius 1 is 1.41 bits per heavy atom.